The van der Waals surface area contributed by atoms with Gasteiger partial charge in [-0.15, -0.1) is 0 Å². The predicted molar refractivity (Wildman–Crippen MR) is 53.7 cm³/mol. The molecule has 15 heavy (non-hydrogen) atoms. The number of benzene rings is 1. The van der Waals surface area contributed by atoms with Crippen molar-refractivity contribution in [2.24, 2.45) is 5.84 Å². The zero-order valence-corrected chi connectivity index (χ0v) is 8.19. The van der Waals surface area contributed by atoms with Crippen LogP contribution in [0.3, 0.4) is 0 Å². The molecule has 0 radical (unpaired) electrons. The Bertz CT molecular complexity index is 394. The summed E-state index contributed by atoms with van der Waals surface area (Å²) in [6.45, 7) is 0.214. The van der Waals surface area contributed by atoms with Gasteiger partial charge in [0.15, 0.2) is 11.5 Å². The van der Waals surface area contributed by atoms with Crippen molar-refractivity contribution in [2.45, 2.75) is 0 Å². The molecule has 1 aliphatic heterocycles. The van der Waals surface area contributed by atoms with Crippen molar-refractivity contribution in [3.05, 3.63) is 18.2 Å². The lowest BCUT2D eigenvalue weighted by atomic mass is 10.2. The van der Waals surface area contributed by atoms with Gasteiger partial charge < -0.3 is 9.47 Å². The first-order valence-corrected chi connectivity index (χ1v) is 4.36. The second-order valence-corrected chi connectivity index (χ2v) is 3.05. The first-order valence-electron chi connectivity index (χ1n) is 4.36. The Morgan fingerprint density at radius 1 is 1.47 bits per heavy atom. The van der Waals surface area contributed by atoms with Gasteiger partial charge in [-0.05, 0) is 12.1 Å². The number of carbonyl (C=O) groups excluding carboxylic acids is 1. The van der Waals surface area contributed by atoms with Crippen LogP contribution in [0.15, 0.2) is 18.2 Å². The number of carbonyl (C=O) groups is 1. The van der Waals surface area contributed by atoms with E-state index in [9.17, 15) is 4.79 Å². The average molecular weight is 209 g/mol. The summed E-state index contributed by atoms with van der Waals surface area (Å²) in [5.74, 6) is 6.34. The molecular formula is C9H11N3O3. The molecule has 0 atom stereocenters. The van der Waals surface area contributed by atoms with Crippen LogP contribution < -0.4 is 25.6 Å². The van der Waals surface area contributed by atoms with Crippen LogP contribution in [0.4, 0.5) is 10.5 Å². The number of nitrogens with two attached hydrogens (primary N) is 1. The fraction of sp³-hybridized carbons (Fsp3) is 0.222. The van der Waals surface area contributed by atoms with Gasteiger partial charge in [0.1, 0.15) is 0 Å². The summed E-state index contributed by atoms with van der Waals surface area (Å²) >= 11 is 0. The standard InChI is InChI=1S/C9H11N3O3/c1-12(9(13)11-10)6-2-3-7-8(4-6)15-5-14-7/h2-4H,5,10H2,1H3,(H,11,13). The van der Waals surface area contributed by atoms with E-state index in [0.29, 0.717) is 17.2 Å². The third kappa shape index (κ3) is 1.66. The summed E-state index contributed by atoms with van der Waals surface area (Å²) in [5.41, 5.74) is 2.73. The molecule has 0 saturated carbocycles. The van der Waals surface area contributed by atoms with Gasteiger partial charge in [-0.25, -0.2) is 10.6 Å². The van der Waals surface area contributed by atoms with Crippen LogP contribution >= 0.6 is 0 Å². The topological polar surface area (TPSA) is 76.8 Å². The van der Waals surface area contributed by atoms with E-state index in [-0.39, 0.29) is 6.79 Å². The molecule has 1 heterocycles. The molecule has 0 fully saturated rings. The molecule has 0 saturated heterocycles. The molecule has 0 spiro atoms. The molecule has 80 valence electrons. The van der Waals surface area contributed by atoms with E-state index in [2.05, 4.69) is 0 Å². The Balaban J connectivity index is 2.26. The van der Waals surface area contributed by atoms with Crippen LogP contribution in [0.2, 0.25) is 0 Å². The Kier molecular flexibility index (Phi) is 2.34. The number of amides is 2. The molecular weight excluding hydrogens is 198 g/mol. The van der Waals surface area contributed by atoms with E-state index >= 15 is 0 Å². The van der Waals surface area contributed by atoms with Crippen LogP contribution in [0.1, 0.15) is 0 Å². The molecule has 2 rings (SSSR count). The number of urea groups is 1. The molecule has 0 aliphatic carbocycles. The van der Waals surface area contributed by atoms with Gasteiger partial charge in [0.05, 0.1) is 0 Å². The highest BCUT2D eigenvalue weighted by molar-refractivity contribution is 5.91. The third-order valence-electron chi connectivity index (χ3n) is 2.17. The smallest absolute Gasteiger partial charge is 0.335 e. The van der Waals surface area contributed by atoms with Crippen LogP contribution in [0.25, 0.3) is 0 Å². The minimum absolute atomic E-state index is 0.214. The zero-order valence-electron chi connectivity index (χ0n) is 8.19. The number of rotatable bonds is 1. The normalized spacial score (nSPS) is 12.4. The number of nitrogens with one attached hydrogen (secondary N) is 1. The van der Waals surface area contributed by atoms with Crippen molar-refractivity contribution in [1.82, 2.24) is 5.43 Å². The number of hydrogen-bond donors (Lipinski definition) is 2. The molecule has 3 N–H and O–H groups in total. The van der Waals surface area contributed by atoms with Gasteiger partial charge in [0, 0.05) is 18.8 Å². The maximum absolute atomic E-state index is 11.2. The molecule has 0 aromatic heterocycles. The van der Waals surface area contributed by atoms with E-state index < -0.39 is 6.03 Å². The zero-order chi connectivity index (χ0) is 10.8. The monoisotopic (exact) mass is 209 g/mol. The lowest BCUT2D eigenvalue weighted by molar-refractivity contribution is 0.174. The van der Waals surface area contributed by atoms with Gasteiger partial charge in [-0.1, -0.05) is 0 Å². The second-order valence-electron chi connectivity index (χ2n) is 3.05. The summed E-state index contributed by atoms with van der Waals surface area (Å²) in [4.78, 5) is 12.6. The van der Waals surface area contributed by atoms with E-state index in [1.54, 1.807) is 25.2 Å². The Labute approximate surface area is 86.5 Å². The average Bonchev–Trinajstić information content (AvgIpc) is 2.73. The molecule has 1 aliphatic rings. The summed E-state index contributed by atoms with van der Waals surface area (Å²) in [5, 5.41) is 0. The lowest BCUT2D eigenvalue weighted by Crippen LogP contribution is -2.41. The molecule has 0 bridgehead atoms. The summed E-state index contributed by atoms with van der Waals surface area (Å²) in [6.07, 6.45) is 0. The largest absolute Gasteiger partial charge is 0.454 e. The van der Waals surface area contributed by atoms with Gasteiger partial charge >= 0.3 is 6.03 Å². The molecule has 2 amide bonds. The van der Waals surface area contributed by atoms with E-state index in [0.717, 1.165) is 0 Å². The molecule has 0 unspecified atom stereocenters. The Hall–Kier alpha value is -1.95. The minimum Gasteiger partial charge on any atom is -0.454 e. The predicted octanol–water partition coefficient (Wildman–Crippen LogP) is 0.435. The van der Waals surface area contributed by atoms with Crippen molar-refractivity contribution in [1.29, 1.82) is 0 Å². The van der Waals surface area contributed by atoms with Gasteiger partial charge in [0.25, 0.3) is 0 Å². The van der Waals surface area contributed by atoms with Crippen molar-refractivity contribution in [2.75, 3.05) is 18.7 Å². The fourth-order valence-electron chi connectivity index (χ4n) is 1.31. The van der Waals surface area contributed by atoms with Crippen molar-refractivity contribution in [3.8, 4) is 11.5 Å². The van der Waals surface area contributed by atoms with Gasteiger partial charge in [0.2, 0.25) is 6.79 Å². The first kappa shape index (κ1) is 9.60. The molecule has 6 nitrogen and oxygen atoms in total. The first-order chi connectivity index (χ1) is 7.22. The number of fused-ring (bicyclic) bond motifs is 1. The highest BCUT2D eigenvalue weighted by Gasteiger charge is 2.16. The number of ether oxygens (including phenoxy) is 2. The Morgan fingerprint density at radius 2 is 2.20 bits per heavy atom. The van der Waals surface area contributed by atoms with Crippen LogP contribution in [-0.4, -0.2) is 19.9 Å². The van der Waals surface area contributed by atoms with Crippen LogP contribution in [0, 0.1) is 0 Å². The number of anilines is 1. The molecule has 1 aromatic carbocycles. The quantitative estimate of drug-likeness (QED) is 0.399. The van der Waals surface area contributed by atoms with E-state index in [4.69, 9.17) is 15.3 Å². The number of hydrogen-bond acceptors (Lipinski definition) is 4. The number of hydrazine groups is 1. The SMILES string of the molecule is CN(C(=O)NN)c1ccc2c(c1)OCO2. The van der Waals surface area contributed by atoms with Crippen LogP contribution in [-0.2, 0) is 0 Å². The molecule has 1 aromatic rings. The molecule has 6 heteroatoms. The van der Waals surface area contributed by atoms with E-state index in [1.165, 1.54) is 4.90 Å². The van der Waals surface area contributed by atoms with Crippen molar-refractivity contribution in [3.63, 3.8) is 0 Å². The maximum Gasteiger partial charge on any atom is 0.335 e. The number of nitrogens with zero attached hydrogens (tertiary/aromatic N) is 1. The Morgan fingerprint density at radius 3 is 2.93 bits per heavy atom. The summed E-state index contributed by atoms with van der Waals surface area (Å²) in [7, 11) is 1.61. The lowest BCUT2D eigenvalue weighted by Gasteiger charge is -2.16. The maximum atomic E-state index is 11.2. The second kappa shape index (κ2) is 3.66. The van der Waals surface area contributed by atoms with Crippen molar-refractivity contribution >= 4 is 11.7 Å². The minimum atomic E-state index is -0.395. The highest BCUT2D eigenvalue weighted by atomic mass is 16.7. The highest BCUT2D eigenvalue weighted by Crippen LogP contribution is 2.35. The van der Waals surface area contributed by atoms with Gasteiger partial charge in [-0.3, -0.25) is 10.3 Å². The van der Waals surface area contributed by atoms with Gasteiger partial charge in [-0.2, -0.15) is 0 Å². The third-order valence-corrected chi connectivity index (χ3v) is 2.17. The van der Waals surface area contributed by atoms with E-state index in [1.807, 2.05) is 5.43 Å². The van der Waals surface area contributed by atoms with Crippen molar-refractivity contribution < 1.29 is 14.3 Å². The fourth-order valence-corrected chi connectivity index (χ4v) is 1.31. The summed E-state index contributed by atoms with van der Waals surface area (Å²) in [6, 6.07) is 4.83. The summed E-state index contributed by atoms with van der Waals surface area (Å²) < 4.78 is 10.3. The van der Waals surface area contributed by atoms with Crippen LogP contribution in [0.5, 0.6) is 11.5 Å².